The van der Waals surface area contributed by atoms with E-state index in [2.05, 4.69) is 50.6 Å². The van der Waals surface area contributed by atoms with Crippen molar-refractivity contribution >= 4 is 28.9 Å². The standard InChI is InChI=1S/C18H21N5O/c1-10(2)14-18(24)22-15-16(21-14)19-9-20-17(15)23-11(3)8-12-6-4-5-7-13(12)23/h4-7,9-11,14H,8H2,1-3H3,(H,22,24)(H,19,20,21). The van der Waals surface area contributed by atoms with Crippen LogP contribution in [0.2, 0.25) is 0 Å². The van der Waals surface area contributed by atoms with Crippen LogP contribution >= 0.6 is 0 Å². The Morgan fingerprint density at radius 2 is 2.04 bits per heavy atom. The zero-order valence-electron chi connectivity index (χ0n) is 14.1. The number of hydrogen-bond acceptors (Lipinski definition) is 5. The molecule has 1 aromatic carbocycles. The van der Waals surface area contributed by atoms with Gasteiger partial charge in [-0.3, -0.25) is 4.79 Å². The van der Waals surface area contributed by atoms with Gasteiger partial charge in [-0.1, -0.05) is 32.0 Å². The van der Waals surface area contributed by atoms with Gasteiger partial charge in [-0.2, -0.15) is 0 Å². The lowest BCUT2D eigenvalue weighted by Crippen LogP contribution is -2.43. The highest BCUT2D eigenvalue weighted by Gasteiger charge is 2.35. The molecular formula is C18H21N5O. The molecule has 2 aromatic rings. The van der Waals surface area contributed by atoms with Gasteiger partial charge < -0.3 is 15.5 Å². The Bertz CT molecular complexity index is 804. The van der Waals surface area contributed by atoms with Gasteiger partial charge in [0, 0.05) is 11.7 Å². The molecule has 0 saturated heterocycles. The maximum atomic E-state index is 12.4. The van der Waals surface area contributed by atoms with Gasteiger partial charge in [0.2, 0.25) is 5.91 Å². The molecule has 24 heavy (non-hydrogen) atoms. The number of amides is 1. The van der Waals surface area contributed by atoms with E-state index in [4.69, 9.17) is 0 Å². The molecule has 0 bridgehead atoms. The first-order valence-electron chi connectivity index (χ1n) is 8.36. The lowest BCUT2D eigenvalue weighted by Gasteiger charge is -2.32. The molecule has 4 rings (SSSR count). The second-order valence-electron chi connectivity index (χ2n) is 6.83. The summed E-state index contributed by atoms with van der Waals surface area (Å²) in [6.07, 6.45) is 2.52. The molecule has 1 amide bonds. The molecule has 2 N–H and O–H groups in total. The minimum atomic E-state index is -0.275. The minimum Gasteiger partial charge on any atom is -0.356 e. The quantitative estimate of drug-likeness (QED) is 0.889. The number of anilines is 4. The molecule has 2 unspecified atom stereocenters. The summed E-state index contributed by atoms with van der Waals surface area (Å²) in [7, 11) is 0. The fourth-order valence-electron chi connectivity index (χ4n) is 3.55. The monoisotopic (exact) mass is 323 g/mol. The van der Waals surface area contributed by atoms with E-state index in [0.717, 1.165) is 17.9 Å². The van der Waals surface area contributed by atoms with Gasteiger partial charge in [0.25, 0.3) is 0 Å². The summed E-state index contributed by atoms with van der Waals surface area (Å²) >= 11 is 0. The normalized spacial score (nSPS) is 22.0. The summed E-state index contributed by atoms with van der Waals surface area (Å²) in [5.74, 6) is 1.59. The average Bonchev–Trinajstić information content (AvgIpc) is 2.89. The number of nitrogens with one attached hydrogen (secondary N) is 2. The number of carbonyl (C=O) groups is 1. The first kappa shape index (κ1) is 14.9. The van der Waals surface area contributed by atoms with Crippen molar-refractivity contribution in [2.45, 2.75) is 39.3 Å². The van der Waals surface area contributed by atoms with Gasteiger partial charge in [0.15, 0.2) is 11.6 Å². The fraction of sp³-hybridized carbons (Fsp3) is 0.389. The summed E-state index contributed by atoms with van der Waals surface area (Å²) in [5, 5.41) is 6.28. The Labute approximate surface area is 141 Å². The fourth-order valence-corrected chi connectivity index (χ4v) is 3.55. The largest absolute Gasteiger partial charge is 0.356 e. The van der Waals surface area contributed by atoms with E-state index in [1.54, 1.807) is 6.33 Å². The Morgan fingerprint density at radius 3 is 2.83 bits per heavy atom. The smallest absolute Gasteiger partial charge is 0.247 e. The van der Waals surface area contributed by atoms with E-state index in [0.29, 0.717) is 11.5 Å². The first-order valence-corrected chi connectivity index (χ1v) is 8.36. The van der Waals surface area contributed by atoms with E-state index in [1.165, 1.54) is 5.56 Å². The molecule has 0 aliphatic carbocycles. The zero-order chi connectivity index (χ0) is 16.8. The third kappa shape index (κ3) is 2.21. The SMILES string of the molecule is CC(C)C1Nc2ncnc(N3c4ccccc4CC3C)c2NC1=O. The lowest BCUT2D eigenvalue weighted by molar-refractivity contribution is -0.117. The molecule has 6 heteroatoms. The third-order valence-electron chi connectivity index (χ3n) is 4.75. The molecule has 124 valence electrons. The highest BCUT2D eigenvalue weighted by atomic mass is 16.2. The Hall–Kier alpha value is -2.63. The zero-order valence-corrected chi connectivity index (χ0v) is 14.1. The number of rotatable bonds is 2. The highest BCUT2D eigenvalue weighted by molar-refractivity contribution is 6.05. The van der Waals surface area contributed by atoms with E-state index in [1.807, 2.05) is 19.9 Å². The molecule has 0 spiro atoms. The second-order valence-corrected chi connectivity index (χ2v) is 6.83. The van der Waals surface area contributed by atoms with E-state index >= 15 is 0 Å². The van der Waals surface area contributed by atoms with Crippen molar-refractivity contribution in [2.75, 3.05) is 15.5 Å². The molecule has 0 saturated carbocycles. The molecule has 1 aromatic heterocycles. The molecule has 0 radical (unpaired) electrons. The number of fused-ring (bicyclic) bond motifs is 2. The number of benzene rings is 1. The predicted molar refractivity (Wildman–Crippen MR) is 94.7 cm³/mol. The van der Waals surface area contributed by atoms with Crippen molar-refractivity contribution < 1.29 is 4.79 Å². The van der Waals surface area contributed by atoms with Crippen LogP contribution < -0.4 is 15.5 Å². The molecular weight excluding hydrogens is 302 g/mol. The molecule has 0 fully saturated rings. The number of aromatic nitrogens is 2. The van der Waals surface area contributed by atoms with E-state index < -0.39 is 0 Å². The first-order chi connectivity index (χ1) is 11.6. The highest BCUT2D eigenvalue weighted by Crippen LogP contribution is 2.43. The van der Waals surface area contributed by atoms with Gasteiger partial charge in [-0.05, 0) is 30.9 Å². The Morgan fingerprint density at radius 1 is 1.25 bits per heavy atom. The topological polar surface area (TPSA) is 70.2 Å². The molecule has 2 atom stereocenters. The Balaban J connectivity index is 1.79. The second kappa shape index (κ2) is 5.47. The van der Waals surface area contributed by atoms with Gasteiger partial charge in [-0.15, -0.1) is 0 Å². The van der Waals surface area contributed by atoms with Crippen molar-refractivity contribution in [3.05, 3.63) is 36.2 Å². The summed E-state index contributed by atoms with van der Waals surface area (Å²) in [6.45, 7) is 6.20. The number of hydrogen-bond donors (Lipinski definition) is 2. The average molecular weight is 323 g/mol. The maximum absolute atomic E-state index is 12.4. The lowest BCUT2D eigenvalue weighted by atomic mass is 10.0. The summed E-state index contributed by atoms with van der Waals surface area (Å²) in [5.41, 5.74) is 3.11. The van der Waals surface area contributed by atoms with Crippen LogP contribution in [0.3, 0.4) is 0 Å². The third-order valence-corrected chi connectivity index (χ3v) is 4.75. The van der Waals surface area contributed by atoms with Gasteiger partial charge in [0.05, 0.1) is 0 Å². The number of carbonyl (C=O) groups excluding carboxylic acids is 1. The molecule has 2 aliphatic rings. The number of para-hydroxylation sites is 1. The number of nitrogens with zero attached hydrogens (tertiary/aromatic N) is 3. The minimum absolute atomic E-state index is 0.0336. The van der Waals surface area contributed by atoms with E-state index in [9.17, 15) is 4.79 Å². The van der Waals surface area contributed by atoms with Gasteiger partial charge in [0.1, 0.15) is 18.1 Å². The summed E-state index contributed by atoms with van der Waals surface area (Å²) < 4.78 is 0. The molecule has 3 heterocycles. The van der Waals surface area contributed by atoms with Crippen LogP contribution in [0.1, 0.15) is 26.3 Å². The van der Waals surface area contributed by atoms with E-state index in [-0.39, 0.29) is 23.9 Å². The van der Waals surface area contributed by atoms with Crippen LogP contribution in [0.4, 0.5) is 23.0 Å². The van der Waals surface area contributed by atoms with Crippen molar-refractivity contribution in [1.82, 2.24) is 9.97 Å². The molecule has 6 nitrogen and oxygen atoms in total. The van der Waals surface area contributed by atoms with Gasteiger partial charge in [-0.25, -0.2) is 9.97 Å². The van der Waals surface area contributed by atoms with Crippen molar-refractivity contribution in [3.63, 3.8) is 0 Å². The van der Waals surface area contributed by atoms with Crippen LogP contribution in [0.15, 0.2) is 30.6 Å². The summed E-state index contributed by atoms with van der Waals surface area (Å²) in [6, 6.07) is 8.34. The van der Waals surface area contributed by atoms with Crippen LogP contribution in [0.5, 0.6) is 0 Å². The van der Waals surface area contributed by atoms with Crippen LogP contribution in [0, 0.1) is 5.92 Å². The van der Waals surface area contributed by atoms with Crippen molar-refractivity contribution in [3.8, 4) is 0 Å². The predicted octanol–water partition coefficient (Wildman–Crippen LogP) is 2.95. The summed E-state index contributed by atoms with van der Waals surface area (Å²) in [4.78, 5) is 23.5. The maximum Gasteiger partial charge on any atom is 0.247 e. The van der Waals surface area contributed by atoms with Crippen molar-refractivity contribution in [2.24, 2.45) is 5.92 Å². The van der Waals surface area contributed by atoms with Gasteiger partial charge >= 0.3 is 0 Å². The van der Waals surface area contributed by atoms with Crippen LogP contribution in [0.25, 0.3) is 0 Å². The Kier molecular flexibility index (Phi) is 3.40. The molecule has 2 aliphatic heterocycles. The van der Waals surface area contributed by atoms with Crippen LogP contribution in [-0.4, -0.2) is 28.0 Å². The van der Waals surface area contributed by atoms with Crippen LogP contribution in [-0.2, 0) is 11.2 Å². The van der Waals surface area contributed by atoms with Crippen molar-refractivity contribution in [1.29, 1.82) is 0 Å².